The molecule has 1 N–H and O–H groups in total. The van der Waals surface area contributed by atoms with Gasteiger partial charge < -0.3 is 19.2 Å². The van der Waals surface area contributed by atoms with E-state index in [1.165, 1.54) is 0 Å². The van der Waals surface area contributed by atoms with Crippen molar-refractivity contribution < 1.29 is 18.7 Å². The van der Waals surface area contributed by atoms with Gasteiger partial charge in [0.05, 0.1) is 12.8 Å². The maximum absolute atomic E-state index is 11.8. The van der Waals surface area contributed by atoms with Crippen LogP contribution in [-0.4, -0.2) is 26.2 Å². The number of carbonyl (C=O) groups is 1. The van der Waals surface area contributed by atoms with Gasteiger partial charge in [-0.05, 0) is 36.8 Å². The molecule has 0 spiro atoms. The van der Waals surface area contributed by atoms with Crippen molar-refractivity contribution in [2.75, 3.05) is 20.3 Å². The van der Waals surface area contributed by atoms with E-state index in [0.717, 1.165) is 5.56 Å². The molecule has 112 valence electrons. The molecular weight excluding hydrogens is 270 g/mol. The van der Waals surface area contributed by atoms with E-state index < -0.39 is 0 Å². The zero-order chi connectivity index (χ0) is 15.1. The van der Waals surface area contributed by atoms with Crippen LogP contribution in [0.1, 0.15) is 17.4 Å². The summed E-state index contributed by atoms with van der Waals surface area (Å²) in [5.74, 6) is 1.15. The average Bonchev–Trinajstić information content (AvgIpc) is 3.00. The molecule has 0 saturated heterocycles. The lowest BCUT2D eigenvalue weighted by atomic mass is 10.2. The lowest BCUT2D eigenvalue weighted by molar-refractivity contribution is -0.123. The molecule has 5 nitrogen and oxygen atoms in total. The van der Waals surface area contributed by atoms with Gasteiger partial charge in [0, 0.05) is 7.11 Å². The van der Waals surface area contributed by atoms with Crippen molar-refractivity contribution in [2.45, 2.75) is 13.0 Å². The van der Waals surface area contributed by atoms with Gasteiger partial charge in [-0.2, -0.15) is 0 Å². The fourth-order valence-electron chi connectivity index (χ4n) is 1.89. The third-order valence-electron chi connectivity index (χ3n) is 2.99. The smallest absolute Gasteiger partial charge is 0.258 e. The summed E-state index contributed by atoms with van der Waals surface area (Å²) in [6, 6.07) is 11.2. The van der Waals surface area contributed by atoms with Crippen LogP contribution in [0.5, 0.6) is 5.75 Å². The Balaban J connectivity index is 1.77. The first-order valence-corrected chi connectivity index (χ1v) is 6.71. The first-order chi connectivity index (χ1) is 10.2. The number of hydrogen-bond acceptors (Lipinski definition) is 4. The van der Waals surface area contributed by atoms with Gasteiger partial charge in [0.1, 0.15) is 17.6 Å². The quantitative estimate of drug-likeness (QED) is 0.850. The molecule has 0 unspecified atom stereocenters. The van der Waals surface area contributed by atoms with Crippen molar-refractivity contribution in [3.8, 4) is 5.75 Å². The van der Waals surface area contributed by atoms with E-state index in [-0.39, 0.29) is 18.6 Å². The van der Waals surface area contributed by atoms with Crippen molar-refractivity contribution in [1.82, 2.24) is 5.32 Å². The van der Waals surface area contributed by atoms with Crippen molar-refractivity contribution >= 4 is 5.91 Å². The highest BCUT2D eigenvalue weighted by Gasteiger charge is 2.14. The molecule has 5 heteroatoms. The predicted octanol–water partition coefficient (Wildman–Crippen LogP) is 2.47. The van der Waals surface area contributed by atoms with E-state index in [2.05, 4.69) is 5.32 Å². The fraction of sp³-hybridized carbons (Fsp3) is 0.312. The van der Waals surface area contributed by atoms with Crippen molar-refractivity contribution in [2.24, 2.45) is 0 Å². The minimum Gasteiger partial charge on any atom is -0.484 e. The number of nitrogens with one attached hydrogen (secondary N) is 1. The molecule has 1 atom stereocenters. The molecule has 0 radical (unpaired) electrons. The van der Waals surface area contributed by atoms with Crippen molar-refractivity contribution in [3.63, 3.8) is 0 Å². The zero-order valence-corrected chi connectivity index (χ0v) is 12.2. The van der Waals surface area contributed by atoms with E-state index in [9.17, 15) is 4.79 Å². The lowest BCUT2D eigenvalue weighted by Crippen LogP contribution is -2.32. The second-order valence-electron chi connectivity index (χ2n) is 4.65. The van der Waals surface area contributed by atoms with Crippen LogP contribution in [0.25, 0.3) is 0 Å². The summed E-state index contributed by atoms with van der Waals surface area (Å²) >= 11 is 0. The maximum atomic E-state index is 11.8. The number of carbonyl (C=O) groups excluding carboxylic acids is 1. The molecule has 0 fully saturated rings. The Morgan fingerprint density at radius 2 is 2.19 bits per heavy atom. The van der Waals surface area contributed by atoms with Crippen LogP contribution in [0.3, 0.4) is 0 Å². The highest BCUT2D eigenvalue weighted by atomic mass is 16.5. The molecule has 0 aliphatic carbocycles. The summed E-state index contributed by atoms with van der Waals surface area (Å²) in [5, 5.41) is 2.76. The number of rotatable bonds is 7. The Hall–Kier alpha value is -2.27. The second-order valence-corrected chi connectivity index (χ2v) is 4.65. The van der Waals surface area contributed by atoms with Gasteiger partial charge in [-0.25, -0.2) is 0 Å². The standard InChI is InChI=1S/C16H19NO4/c1-12-5-3-6-13(9-12)21-11-16(18)17-10-15(19-2)14-7-4-8-20-14/h3-9,15H,10-11H2,1-2H3,(H,17,18)/t15-/m1/s1. The van der Waals surface area contributed by atoms with E-state index in [1.54, 1.807) is 19.4 Å². The largest absolute Gasteiger partial charge is 0.484 e. The van der Waals surface area contributed by atoms with Crippen LogP contribution in [0, 0.1) is 6.92 Å². The molecule has 2 rings (SSSR count). The van der Waals surface area contributed by atoms with Gasteiger partial charge in [-0.15, -0.1) is 0 Å². The minimum absolute atomic E-state index is 0.0297. The van der Waals surface area contributed by atoms with Crippen LogP contribution in [0.4, 0.5) is 0 Å². The molecule has 21 heavy (non-hydrogen) atoms. The van der Waals surface area contributed by atoms with E-state index in [1.807, 2.05) is 37.3 Å². The van der Waals surface area contributed by atoms with Gasteiger partial charge in [-0.1, -0.05) is 12.1 Å². The third-order valence-corrected chi connectivity index (χ3v) is 2.99. The molecule has 1 aromatic carbocycles. The van der Waals surface area contributed by atoms with Crippen LogP contribution in [-0.2, 0) is 9.53 Å². The Morgan fingerprint density at radius 1 is 1.33 bits per heavy atom. The minimum atomic E-state index is -0.303. The predicted molar refractivity (Wildman–Crippen MR) is 78.1 cm³/mol. The molecule has 2 aromatic rings. The molecule has 1 aromatic heterocycles. The van der Waals surface area contributed by atoms with E-state index in [0.29, 0.717) is 18.1 Å². The zero-order valence-electron chi connectivity index (χ0n) is 12.2. The van der Waals surface area contributed by atoms with E-state index >= 15 is 0 Å². The Morgan fingerprint density at radius 3 is 2.86 bits per heavy atom. The van der Waals surface area contributed by atoms with Gasteiger partial charge in [0.25, 0.3) is 5.91 Å². The van der Waals surface area contributed by atoms with Gasteiger partial charge in [0.2, 0.25) is 0 Å². The first-order valence-electron chi connectivity index (χ1n) is 6.71. The second kappa shape index (κ2) is 7.50. The van der Waals surface area contributed by atoms with Crippen LogP contribution >= 0.6 is 0 Å². The van der Waals surface area contributed by atoms with Gasteiger partial charge >= 0.3 is 0 Å². The molecule has 1 amide bonds. The number of aryl methyl sites for hydroxylation is 1. The van der Waals surface area contributed by atoms with Gasteiger partial charge in [0.15, 0.2) is 6.61 Å². The van der Waals surface area contributed by atoms with E-state index in [4.69, 9.17) is 13.9 Å². The lowest BCUT2D eigenvalue weighted by Gasteiger charge is -2.14. The van der Waals surface area contributed by atoms with Crippen LogP contribution in [0.2, 0.25) is 0 Å². The summed E-state index contributed by atoms with van der Waals surface area (Å²) in [6.45, 7) is 2.28. The SMILES string of the molecule is CO[C@H](CNC(=O)COc1cccc(C)c1)c1ccco1. The molecule has 0 saturated carbocycles. The fourth-order valence-corrected chi connectivity index (χ4v) is 1.89. The highest BCUT2D eigenvalue weighted by molar-refractivity contribution is 5.77. The molecule has 1 heterocycles. The maximum Gasteiger partial charge on any atom is 0.258 e. The Bertz CT molecular complexity index is 565. The highest BCUT2D eigenvalue weighted by Crippen LogP contribution is 2.16. The monoisotopic (exact) mass is 289 g/mol. The number of hydrogen-bond donors (Lipinski definition) is 1. The van der Waals surface area contributed by atoms with Crippen molar-refractivity contribution in [3.05, 3.63) is 54.0 Å². The number of ether oxygens (including phenoxy) is 2. The molecule has 0 bridgehead atoms. The summed E-state index contributed by atoms with van der Waals surface area (Å²) in [5.41, 5.74) is 1.09. The molecular formula is C16H19NO4. The Kier molecular flexibility index (Phi) is 5.40. The summed E-state index contributed by atoms with van der Waals surface area (Å²) in [7, 11) is 1.57. The number of amides is 1. The normalized spacial score (nSPS) is 11.9. The Labute approximate surface area is 123 Å². The van der Waals surface area contributed by atoms with Crippen LogP contribution in [0.15, 0.2) is 47.1 Å². The molecule has 0 aliphatic rings. The summed E-state index contributed by atoms with van der Waals surface area (Å²) in [4.78, 5) is 11.8. The van der Waals surface area contributed by atoms with Gasteiger partial charge in [-0.3, -0.25) is 4.79 Å². The number of furan rings is 1. The molecule has 0 aliphatic heterocycles. The van der Waals surface area contributed by atoms with Crippen molar-refractivity contribution in [1.29, 1.82) is 0 Å². The average molecular weight is 289 g/mol. The third kappa shape index (κ3) is 4.65. The summed E-state index contributed by atoms with van der Waals surface area (Å²) in [6.07, 6.45) is 1.27. The van der Waals surface area contributed by atoms with Crippen LogP contribution < -0.4 is 10.1 Å². The number of benzene rings is 1. The topological polar surface area (TPSA) is 60.7 Å². The summed E-state index contributed by atoms with van der Waals surface area (Å²) < 4.78 is 16.0. The number of methoxy groups -OCH3 is 1. The first kappa shape index (κ1) is 15.1.